The first-order chi connectivity index (χ1) is 12.6. The number of hydrogen-bond donors (Lipinski definition) is 2. The first-order valence-electron chi connectivity index (χ1n) is 8.02. The van der Waals surface area contributed by atoms with Crippen LogP contribution in [0.2, 0.25) is 5.02 Å². The average Bonchev–Trinajstić information content (AvgIpc) is 3.17. The number of carbonyl (C=O) groups is 2. The summed E-state index contributed by atoms with van der Waals surface area (Å²) >= 11 is 6.02. The molecule has 2 aromatic carbocycles. The van der Waals surface area contributed by atoms with Crippen LogP contribution in [-0.2, 0) is 16.0 Å². The fourth-order valence-corrected chi connectivity index (χ4v) is 2.58. The Morgan fingerprint density at radius 1 is 1.00 bits per heavy atom. The van der Waals surface area contributed by atoms with E-state index in [1.54, 1.807) is 41.2 Å². The van der Waals surface area contributed by atoms with Crippen molar-refractivity contribution in [3.8, 4) is 5.69 Å². The quantitative estimate of drug-likeness (QED) is 0.702. The lowest BCUT2D eigenvalue weighted by Crippen LogP contribution is -2.33. The van der Waals surface area contributed by atoms with Gasteiger partial charge < -0.3 is 10.6 Å². The minimum Gasteiger partial charge on any atom is -0.347 e. The fraction of sp³-hybridized carbons (Fsp3) is 0.105. The maximum Gasteiger partial charge on any atom is 0.243 e. The van der Waals surface area contributed by atoms with Gasteiger partial charge in [0.25, 0.3) is 0 Å². The molecule has 0 unspecified atom stereocenters. The zero-order valence-electron chi connectivity index (χ0n) is 13.9. The van der Waals surface area contributed by atoms with E-state index in [4.69, 9.17) is 11.6 Å². The largest absolute Gasteiger partial charge is 0.347 e. The van der Waals surface area contributed by atoms with E-state index >= 15 is 0 Å². The van der Waals surface area contributed by atoms with Gasteiger partial charge in [-0.25, -0.2) is 4.68 Å². The molecule has 0 radical (unpaired) electrons. The highest BCUT2D eigenvalue weighted by atomic mass is 35.5. The summed E-state index contributed by atoms with van der Waals surface area (Å²) in [6.45, 7) is -0.107. The smallest absolute Gasteiger partial charge is 0.243 e. The molecule has 0 atom stereocenters. The first kappa shape index (κ1) is 17.7. The number of carbonyl (C=O) groups excluding carboxylic acids is 2. The van der Waals surface area contributed by atoms with Gasteiger partial charge in [-0.05, 0) is 42.0 Å². The van der Waals surface area contributed by atoms with E-state index in [2.05, 4.69) is 15.7 Å². The molecule has 2 amide bonds. The number of amides is 2. The van der Waals surface area contributed by atoms with Gasteiger partial charge in [-0.3, -0.25) is 9.59 Å². The van der Waals surface area contributed by atoms with Crippen molar-refractivity contribution in [1.29, 1.82) is 0 Å². The van der Waals surface area contributed by atoms with Gasteiger partial charge in [0.2, 0.25) is 11.8 Å². The predicted molar refractivity (Wildman–Crippen MR) is 100 cm³/mol. The van der Waals surface area contributed by atoms with Crippen molar-refractivity contribution in [1.82, 2.24) is 15.1 Å². The summed E-state index contributed by atoms with van der Waals surface area (Å²) in [6, 6.07) is 16.2. The molecular formula is C19H17ClN4O2. The zero-order valence-corrected chi connectivity index (χ0v) is 14.6. The third kappa shape index (κ3) is 4.70. The van der Waals surface area contributed by atoms with Crippen LogP contribution in [0.5, 0.6) is 0 Å². The number of benzene rings is 2. The van der Waals surface area contributed by atoms with Gasteiger partial charge in [-0.1, -0.05) is 29.8 Å². The molecule has 6 nitrogen and oxygen atoms in total. The van der Waals surface area contributed by atoms with Crippen molar-refractivity contribution in [3.05, 3.63) is 77.6 Å². The average molecular weight is 369 g/mol. The van der Waals surface area contributed by atoms with Gasteiger partial charge in [-0.15, -0.1) is 0 Å². The lowest BCUT2D eigenvalue weighted by atomic mass is 10.1. The van der Waals surface area contributed by atoms with Crippen LogP contribution in [0.1, 0.15) is 5.56 Å². The Kier molecular flexibility index (Phi) is 5.66. The Balaban J connectivity index is 1.48. The van der Waals surface area contributed by atoms with Crippen LogP contribution in [-0.4, -0.2) is 28.1 Å². The van der Waals surface area contributed by atoms with Gasteiger partial charge in [0.15, 0.2) is 0 Å². The van der Waals surface area contributed by atoms with E-state index in [1.807, 2.05) is 30.5 Å². The summed E-state index contributed by atoms with van der Waals surface area (Å²) in [7, 11) is 0. The van der Waals surface area contributed by atoms with Gasteiger partial charge in [0, 0.05) is 23.1 Å². The molecule has 0 aliphatic rings. The number of nitrogens with zero attached hydrogens (tertiary/aromatic N) is 2. The lowest BCUT2D eigenvalue weighted by molar-refractivity contribution is -0.123. The zero-order chi connectivity index (χ0) is 18.4. The Labute approximate surface area is 155 Å². The van der Waals surface area contributed by atoms with Crippen LogP contribution in [0.3, 0.4) is 0 Å². The number of hydrogen-bond acceptors (Lipinski definition) is 3. The van der Waals surface area contributed by atoms with Crippen LogP contribution in [0, 0.1) is 0 Å². The second-order valence-electron chi connectivity index (χ2n) is 5.59. The summed E-state index contributed by atoms with van der Waals surface area (Å²) in [4.78, 5) is 23.9. The lowest BCUT2D eigenvalue weighted by Gasteiger charge is -2.08. The molecule has 0 fully saturated rings. The first-order valence-corrected chi connectivity index (χ1v) is 8.39. The summed E-state index contributed by atoms with van der Waals surface area (Å²) in [5.41, 5.74) is 2.26. The van der Waals surface area contributed by atoms with Crippen molar-refractivity contribution < 1.29 is 9.59 Å². The Morgan fingerprint density at radius 2 is 1.77 bits per heavy atom. The normalized spacial score (nSPS) is 10.3. The number of halogens is 1. The van der Waals surface area contributed by atoms with Crippen LogP contribution < -0.4 is 10.6 Å². The van der Waals surface area contributed by atoms with Crippen molar-refractivity contribution in [3.63, 3.8) is 0 Å². The third-order valence-corrected chi connectivity index (χ3v) is 4.04. The number of anilines is 1. The molecule has 1 aromatic heterocycles. The van der Waals surface area contributed by atoms with E-state index < -0.39 is 0 Å². The molecule has 0 saturated carbocycles. The minimum atomic E-state index is -0.302. The minimum absolute atomic E-state index is 0.107. The van der Waals surface area contributed by atoms with Crippen molar-refractivity contribution >= 4 is 29.1 Å². The second kappa shape index (κ2) is 8.31. The van der Waals surface area contributed by atoms with Gasteiger partial charge >= 0.3 is 0 Å². The Morgan fingerprint density at radius 3 is 2.46 bits per heavy atom. The van der Waals surface area contributed by atoms with Gasteiger partial charge in [-0.2, -0.15) is 5.10 Å². The van der Waals surface area contributed by atoms with E-state index in [9.17, 15) is 9.59 Å². The summed E-state index contributed by atoms with van der Waals surface area (Å²) in [6.07, 6.45) is 3.66. The summed E-state index contributed by atoms with van der Waals surface area (Å²) in [5.74, 6) is -0.563. The monoisotopic (exact) mass is 368 g/mol. The van der Waals surface area contributed by atoms with Gasteiger partial charge in [0.05, 0.1) is 18.7 Å². The molecule has 0 saturated heterocycles. The molecule has 132 valence electrons. The molecule has 2 N–H and O–H groups in total. The molecule has 0 aliphatic heterocycles. The SMILES string of the molecule is O=C(Cc1ccccc1Cl)NCC(=O)Nc1ccc(-n2cccn2)cc1. The number of rotatable bonds is 6. The fourth-order valence-electron chi connectivity index (χ4n) is 2.38. The molecule has 26 heavy (non-hydrogen) atoms. The van der Waals surface area contributed by atoms with E-state index in [1.165, 1.54) is 0 Å². The standard InChI is InChI=1S/C19H17ClN4O2/c20-17-5-2-1-4-14(17)12-18(25)21-13-19(26)23-15-6-8-16(9-7-15)24-11-3-10-22-24/h1-11H,12-13H2,(H,21,25)(H,23,26). The molecule has 0 bridgehead atoms. The highest BCUT2D eigenvalue weighted by Crippen LogP contribution is 2.15. The summed E-state index contributed by atoms with van der Waals surface area (Å²) in [5, 5.41) is 9.99. The van der Waals surface area contributed by atoms with E-state index in [0.717, 1.165) is 11.3 Å². The van der Waals surface area contributed by atoms with Crippen molar-refractivity contribution in [2.75, 3.05) is 11.9 Å². The predicted octanol–water partition coefficient (Wildman–Crippen LogP) is 2.82. The van der Waals surface area contributed by atoms with Crippen LogP contribution in [0.15, 0.2) is 67.0 Å². The van der Waals surface area contributed by atoms with Gasteiger partial charge in [0.1, 0.15) is 0 Å². The number of nitrogens with one attached hydrogen (secondary N) is 2. The van der Waals surface area contributed by atoms with Crippen LogP contribution in [0.4, 0.5) is 5.69 Å². The molecule has 0 aliphatic carbocycles. The Bertz CT molecular complexity index is 892. The van der Waals surface area contributed by atoms with Crippen molar-refractivity contribution in [2.24, 2.45) is 0 Å². The molecule has 0 spiro atoms. The van der Waals surface area contributed by atoms with Crippen LogP contribution >= 0.6 is 11.6 Å². The van der Waals surface area contributed by atoms with E-state index in [0.29, 0.717) is 10.7 Å². The molecular weight excluding hydrogens is 352 g/mol. The van der Waals surface area contributed by atoms with Crippen molar-refractivity contribution in [2.45, 2.75) is 6.42 Å². The van der Waals surface area contributed by atoms with E-state index in [-0.39, 0.29) is 24.8 Å². The Hall–Kier alpha value is -3.12. The maximum atomic E-state index is 12.0. The highest BCUT2D eigenvalue weighted by Gasteiger charge is 2.09. The summed E-state index contributed by atoms with van der Waals surface area (Å²) < 4.78 is 1.72. The molecule has 3 aromatic rings. The molecule has 3 rings (SSSR count). The highest BCUT2D eigenvalue weighted by molar-refractivity contribution is 6.31. The maximum absolute atomic E-state index is 12.0. The third-order valence-electron chi connectivity index (χ3n) is 3.67. The number of aromatic nitrogens is 2. The second-order valence-corrected chi connectivity index (χ2v) is 6.00. The van der Waals surface area contributed by atoms with Crippen LogP contribution in [0.25, 0.3) is 5.69 Å². The molecule has 1 heterocycles. The topological polar surface area (TPSA) is 76.0 Å². The molecule has 7 heteroatoms.